The average molecular weight is 252 g/mol. The van der Waals surface area contributed by atoms with Gasteiger partial charge in [-0.1, -0.05) is 12.1 Å². The minimum Gasteiger partial charge on any atom is -0.373 e. The van der Waals surface area contributed by atoms with E-state index in [1.165, 1.54) is 12.8 Å². The smallest absolute Gasteiger partial charge is 0.0864 e. The number of hydrogen-bond acceptors (Lipinski definition) is 4. The average Bonchev–Trinajstić information content (AvgIpc) is 2.77. The second kappa shape index (κ2) is 5.80. The third kappa shape index (κ3) is 2.72. The van der Waals surface area contributed by atoms with Gasteiger partial charge < -0.3 is 10.1 Å². The minimum absolute atomic E-state index is 0.150. The van der Waals surface area contributed by atoms with Gasteiger partial charge in [0.05, 0.1) is 23.5 Å². The molecular weight excluding hydrogens is 228 g/mol. The second-order valence-electron chi connectivity index (χ2n) is 5.29. The Morgan fingerprint density at radius 3 is 2.94 bits per heavy atom. The van der Waals surface area contributed by atoms with Crippen LogP contribution in [-0.2, 0) is 11.8 Å². The fourth-order valence-corrected chi connectivity index (χ4v) is 2.66. The van der Waals surface area contributed by atoms with E-state index in [2.05, 4.69) is 29.5 Å². The number of aromatic nitrogens is 3. The van der Waals surface area contributed by atoms with E-state index in [1.54, 1.807) is 0 Å². The maximum Gasteiger partial charge on any atom is 0.0864 e. The van der Waals surface area contributed by atoms with Crippen LogP contribution in [0.3, 0.4) is 0 Å². The van der Waals surface area contributed by atoms with Crippen LogP contribution < -0.4 is 5.32 Å². The first-order valence-corrected chi connectivity index (χ1v) is 6.89. The van der Waals surface area contributed by atoms with E-state index >= 15 is 0 Å². The number of rotatable bonds is 5. The fraction of sp³-hybridized carbons (Fsp3) is 0.846. The highest BCUT2D eigenvalue weighted by Gasteiger charge is 2.39. The fourth-order valence-electron chi connectivity index (χ4n) is 2.66. The number of ether oxygens (including phenoxy) is 1. The van der Waals surface area contributed by atoms with E-state index < -0.39 is 0 Å². The second-order valence-corrected chi connectivity index (χ2v) is 5.29. The number of nitrogens with zero attached hydrogens (tertiary/aromatic N) is 3. The molecule has 0 radical (unpaired) electrons. The van der Waals surface area contributed by atoms with Gasteiger partial charge in [-0.25, -0.2) is 0 Å². The zero-order chi connectivity index (χ0) is 13.0. The Hall–Kier alpha value is -0.940. The molecule has 1 aliphatic rings. The van der Waals surface area contributed by atoms with Crippen LogP contribution in [0.1, 0.15) is 51.3 Å². The molecule has 2 atom stereocenters. The minimum atomic E-state index is -0.150. The Balaban J connectivity index is 2.21. The normalized spacial score (nSPS) is 26.2. The van der Waals surface area contributed by atoms with Crippen molar-refractivity contribution in [1.29, 1.82) is 0 Å². The van der Waals surface area contributed by atoms with Crippen LogP contribution in [0.25, 0.3) is 0 Å². The Kier molecular flexibility index (Phi) is 4.35. The Labute approximate surface area is 109 Å². The topological polar surface area (TPSA) is 52.0 Å². The van der Waals surface area contributed by atoms with E-state index in [0.717, 1.165) is 31.7 Å². The van der Waals surface area contributed by atoms with Crippen molar-refractivity contribution in [3.05, 3.63) is 11.9 Å². The molecule has 1 aromatic heterocycles. The molecule has 1 N–H and O–H groups in total. The van der Waals surface area contributed by atoms with Crippen LogP contribution in [0.15, 0.2) is 6.20 Å². The predicted octanol–water partition coefficient (Wildman–Crippen LogP) is 1.81. The van der Waals surface area contributed by atoms with Crippen LogP contribution in [0, 0.1) is 0 Å². The van der Waals surface area contributed by atoms with Gasteiger partial charge in [-0.2, -0.15) is 0 Å². The van der Waals surface area contributed by atoms with Gasteiger partial charge in [-0.3, -0.25) is 4.68 Å². The molecule has 2 rings (SSSR count). The molecule has 102 valence electrons. The van der Waals surface area contributed by atoms with E-state index in [0.29, 0.717) is 0 Å². The van der Waals surface area contributed by atoms with E-state index in [-0.39, 0.29) is 11.6 Å². The highest BCUT2D eigenvalue weighted by Crippen LogP contribution is 2.36. The summed E-state index contributed by atoms with van der Waals surface area (Å²) in [5, 5.41) is 11.6. The van der Waals surface area contributed by atoms with Crippen molar-refractivity contribution >= 4 is 0 Å². The summed E-state index contributed by atoms with van der Waals surface area (Å²) in [6.45, 7) is 6.21. The van der Waals surface area contributed by atoms with E-state index in [9.17, 15) is 0 Å². The van der Waals surface area contributed by atoms with E-state index in [1.807, 2.05) is 17.9 Å². The van der Waals surface area contributed by atoms with Gasteiger partial charge in [0.25, 0.3) is 0 Å². The van der Waals surface area contributed by atoms with Gasteiger partial charge in [0, 0.05) is 13.7 Å². The SMILES string of the molecule is CCCNC(c1cnnn1C)C1(C)CCCCO1. The standard InChI is InChI=1S/C13H24N4O/c1-4-8-14-12(11-10-15-16-17(11)3)13(2)7-5-6-9-18-13/h10,12,14H,4-9H2,1-3H3. The summed E-state index contributed by atoms with van der Waals surface area (Å²) in [7, 11) is 1.94. The predicted molar refractivity (Wildman–Crippen MR) is 70.2 cm³/mol. The highest BCUT2D eigenvalue weighted by atomic mass is 16.5. The lowest BCUT2D eigenvalue weighted by Crippen LogP contribution is -2.46. The zero-order valence-electron chi connectivity index (χ0n) is 11.6. The molecule has 0 amide bonds. The van der Waals surface area contributed by atoms with Crippen molar-refractivity contribution in [2.75, 3.05) is 13.2 Å². The summed E-state index contributed by atoms with van der Waals surface area (Å²) in [5.74, 6) is 0. The highest BCUT2D eigenvalue weighted by molar-refractivity contribution is 5.10. The van der Waals surface area contributed by atoms with Crippen molar-refractivity contribution in [3.8, 4) is 0 Å². The van der Waals surface area contributed by atoms with Gasteiger partial charge in [0.2, 0.25) is 0 Å². The van der Waals surface area contributed by atoms with Crippen molar-refractivity contribution in [2.24, 2.45) is 7.05 Å². The first-order chi connectivity index (χ1) is 8.67. The van der Waals surface area contributed by atoms with Gasteiger partial charge in [-0.05, 0) is 39.2 Å². The van der Waals surface area contributed by atoms with Crippen LogP contribution in [0.5, 0.6) is 0 Å². The lowest BCUT2D eigenvalue weighted by molar-refractivity contribution is -0.0912. The summed E-state index contributed by atoms with van der Waals surface area (Å²) < 4.78 is 7.92. The van der Waals surface area contributed by atoms with Crippen LogP contribution >= 0.6 is 0 Å². The van der Waals surface area contributed by atoms with Crippen LogP contribution in [0.2, 0.25) is 0 Å². The first-order valence-electron chi connectivity index (χ1n) is 6.89. The maximum atomic E-state index is 6.07. The summed E-state index contributed by atoms with van der Waals surface area (Å²) in [6, 6.07) is 0.165. The molecule has 1 aliphatic heterocycles. The largest absolute Gasteiger partial charge is 0.373 e. The molecule has 1 aromatic rings. The summed E-state index contributed by atoms with van der Waals surface area (Å²) >= 11 is 0. The number of hydrogen-bond donors (Lipinski definition) is 1. The lowest BCUT2D eigenvalue weighted by atomic mass is 9.86. The van der Waals surface area contributed by atoms with Crippen LogP contribution in [-0.4, -0.2) is 33.7 Å². The molecule has 0 bridgehead atoms. The molecule has 2 unspecified atom stereocenters. The third-order valence-corrected chi connectivity index (χ3v) is 3.75. The molecule has 0 saturated carbocycles. The third-order valence-electron chi connectivity index (χ3n) is 3.75. The molecular formula is C13H24N4O. The molecule has 0 aliphatic carbocycles. The van der Waals surface area contributed by atoms with E-state index in [4.69, 9.17) is 4.74 Å². The Morgan fingerprint density at radius 1 is 1.56 bits per heavy atom. The molecule has 1 saturated heterocycles. The zero-order valence-corrected chi connectivity index (χ0v) is 11.6. The Morgan fingerprint density at radius 2 is 2.39 bits per heavy atom. The van der Waals surface area contributed by atoms with Crippen molar-refractivity contribution < 1.29 is 4.74 Å². The molecule has 5 nitrogen and oxygen atoms in total. The summed E-state index contributed by atoms with van der Waals surface area (Å²) in [6.07, 6.45) is 6.43. The van der Waals surface area contributed by atoms with Gasteiger partial charge in [0.15, 0.2) is 0 Å². The molecule has 0 aromatic carbocycles. The maximum absolute atomic E-state index is 6.07. The van der Waals surface area contributed by atoms with Gasteiger partial charge in [-0.15, -0.1) is 5.10 Å². The van der Waals surface area contributed by atoms with Gasteiger partial charge in [0.1, 0.15) is 0 Å². The van der Waals surface area contributed by atoms with Crippen molar-refractivity contribution in [3.63, 3.8) is 0 Å². The summed E-state index contributed by atoms with van der Waals surface area (Å²) in [5.41, 5.74) is 0.955. The first kappa shape index (κ1) is 13.5. The van der Waals surface area contributed by atoms with Crippen molar-refractivity contribution in [1.82, 2.24) is 20.3 Å². The van der Waals surface area contributed by atoms with Crippen molar-refractivity contribution in [2.45, 2.75) is 51.2 Å². The van der Waals surface area contributed by atoms with Gasteiger partial charge >= 0.3 is 0 Å². The number of aryl methyl sites for hydroxylation is 1. The molecule has 0 spiro atoms. The molecule has 1 fully saturated rings. The molecule has 18 heavy (non-hydrogen) atoms. The summed E-state index contributed by atoms with van der Waals surface area (Å²) in [4.78, 5) is 0. The lowest BCUT2D eigenvalue weighted by Gasteiger charge is -2.40. The molecule has 5 heteroatoms. The Bertz CT molecular complexity index is 371. The number of nitrogens with one attached hydrogen (secondary N) is 1. The monoisotopic (exact) mass is 252 g/mol. The van der Waals surface area contributed by atoms with Crippen LogP contribution in [0.4, 0.5) is 0 Å². The quantitative estimate of drug-likeness (QED) is 0.868. The molecule has 2 heterocycles.